The number of aliphatic hydroxyl groups is 1. The fourth-order valence-corrected chi connectivity index (χ4v) is 4.13. The number of hydrogen-bond acceptors (Lipinski definition) is 6. The molecule has 0 aromatic carbocycles. The van der Waals surface area contributed by atoms with Crippen LogP contribution in [0.5, 0.6) is 0 Å². The zero-order chi connectivity index (χ0) is 27.5. The molecule has 8 nitrogen and oxygen atoms in total. The largest absolute Gasteiger partial charge is 0.449 e. The van der Waals surface area contributed by atoms with Crippen LogP contribution in [-0.2, 0) is 9.47 Å². The number of hydrogen-bond donors (Lipinski definition) is 2. The molecule has 214 valence electrons. The minimum Gasteiger partial charge on any atom is -0.449 e. The second-order valence-corrected chi connectivity index (χ2v) is 10.0. The van der Waals surface area contributed by atoms with Crippen LogP contribution < -0.4 is 11.0 Å². The molecule has 0 aliphatic rings. The third kappa shape index (κ3) is 14.5. The Kier molecular flexibility index (Phi) is 17.9. The summed E-state index contributed by atoms with van der Waals surface area (Å²) >= 11 is 0. The highest BCUT2D eigenvalue weighted by Gasteiger charge is 2.25. The summed E-state index contributed by atoms with van der Waals surface area (Å²) in [7, 11) is 0. The SMILES string of the molecule is CCCCCCCCCCCCCCCCOC(=O)Nc1nc(=O)n(C(OC(C)C)C(O)CC)cc1F. The Morgan fingerprint density at radius 1 is 0.973 bits per heavy atom. The van der Waals surface area contributed by atoms with Gasteiger partial charge in [0.25, 0.3) is 0 Å². The summed E-state index contributed by atoms with van der Waals surface area (Å²) in [6.07, 6.45) is 15.2. The lowest BCUT2D eigenvalue weighted by Gasteiger charge is -2.26. The van der Waals surface area contributed by atoms with Gasteiger partial charge in [-0.15, -0.1) is 0 Å². The molecule has 2 unspecified atom stereocenters. The average Bonchev–Trinajstić information content (AvgIpc) is 2.86. The second kappa shape index (κ2) is 20.0. The third-order valence-electron chi connectivity index (χ3n) is 6.29. The van der Waals surface area contributed by atoms with E-state index in [1.807, 2.05) is 0 Å². The molecule has 1 aromatic heterocycles. The fraction of sp³-hybridized carbons (Fsp3) is 0.821. The van der Waals surface area contributed by atoms with Crippen molar-refractivity contribution in [3.8, 4) is 0 Å². The molecule has 0 aliphatic heterocycles. The molecule has 1 heterocycles. The Labute approximate surface area is 222 Å². The highest BCUT2D eigenvalue weighted by Crippen LogP contribution is 2.19. The molecule has 0 saturated heterocycles. The van der Waals surface area contributed by atoms with E-state index in [4.69, 9.17) is 9.47 Å². The standard InChI is InChI=1S/C28H50FN3O5/c1-5-7-8-9-10-11-12-13-14-15-16-17-18-19-20-36-28(35)31-25-23(29)21-32(27(34)30-25)26(24(33)6-2)37-22(3)4/h21-22,24,26,33H,5-20H2,1-4H3,(H,30,31,34,35). The van der Waals surface area contributed by atoms with Crippen molar-refractivity contribution in [2.75, 3.05) is 11.9 Å². The zero-order valence-electron chi connectivity index (χ0n) is 23.5. The smallest absolute Gasteiger partial charge is 0.412 e. The first-order valence-corrected chi connectivity index (χ1v) is 14.4. The molecule has 37 heavy (non-hydrogen) atoms. The van der Waals surface area contributed by atoms with Gasteiger partial charge in [-0.1, -0.05) is 97.3 Å². The van der Waals surface area contributed by atoms with Gasteiger partial charge in [0.1, 0.15) is 0 Å². The van der Waals surface area contributed by atoms with Crippen molar-refractivity contribution in [1.29, 1.82) is 0 Å². The van der Waals surface area contributed by atoms with Crippen LogP contribution in [0, 0.1) is 5.82 Å². The van der Waals surface area contributed by atoms with Crippen molar-refractivity contribution < 1.29 is 23.8 Å². The predicted molar refractivity (Wildman–Crippen MR) is 145 cm³/mol. The number of aromatic nitrogens is 2. The summed E-state index contributed by atoms with van der Waals surface area (Å²) in [5.74, 6) is -1.44. The average molecular weight is 528 g/mol. The van der Waals surface area contributed by atoms with Crippen LogP contribution in [0.25, 0.3) is 0 Å². The molecule has 1 rings (SSSR count). The number of carbonyl (C=O) groups excluding carboxylic acids is 1. The van der Waals surface area contributed by atoms with Crippen molar-refractivity contribution in [3.05, 3.63) is 22.5 Å². The highest BCUT2D eigenvalue weighted by atomic mass is 19.1. The maximum absolute atomic E-state index is 14.5. The van der Waals surface area contributed by atoms with Crippen molar-refractivity contribution in [2.45, 2.75) is 142 Å². The minimum absolute atomic E-state index is 0.218. The van der Waals surface area contributed by atoms with Crippen molar-refractivity contribution >= 4 is 11.9 Å². The Balaban J connectivity index is 2.25. The Hall–Kier alpha value is -2.00. The first-order chi connectivity index (χ1) is 17.8. The number of halogens is 1. The lowest BCUT2D eigenvalue weighted by atomic mass is 10.0. The number of ether oxygens (including phenoxy) is 2. The lowest BCUT2D eigenvalue weighted by molar-refractivity contribution is -0.110. The van der Waals surface area contributed by atoms with Crippen molar-refractivity contribution in [2.24, 2.45) is 0 Å². The number of aliphatic hydroxyl groups excluding tert-OH is 1. The van der Waals surface area contributed by atoms with Crippen LogP contribution in [0.2, 0.25) is 0 Å². The summed E-state index contributed by atoms with van der Waals surface area (Å²) in [4.78, 5) is 28.0. The van der Waals surface area contributed by atoms with E-state index in [2.05, 4.69) is 17.2 Å². The van der Waals surface area contributed by atoms with Gasteiger partial charge >= 0.3 is 11.8 Å². The topological polar surface area (TPSA) is 103 Å². The van der Waals surface area contributed by atoms with E-state index >= 15 is 0 Å². The van der Waals surface area contributed by atoms with Gasteiger partial charge in [-0.25, -0.2) is 14.0 Å². The number of rotatable bonds is 21. The summed E-state index contributed by atoms with van der Waals surface area (Å²) in [6.45, 7) is 7.68. The molecule has 9 heteroatoms. The van der Waals surface area contributed by atoms with Crippen LogP contribution in [0.15, 0.2) is 11.0 Å². The molecule has 0 fully saturated rings. The van der Waals surface area contributed by atoms with Gasteiger partial charge in [0.2, 0.25) is 0 Å². The van der Waals surface area contributed by atoms with Gasteiger partial charge in [0.05, 0.1) is 25.0 Å². The first kappa shape index (κ1) is 33.0. The molecule has 2 atom stereocenters. The zero-order valence-corrected chi connectivity index (χ0v) is 23.5. The highest BCUT2D eigenvalue weighted by molar-refractivity contribution is 5.83. The summed E-state index contributed by atoms with van der Waals surface area (Å²) in [6, 6.07) is 0. The molecule has 0 spiro atoms. The van der Waals surface area contributed by atoms with Gasteiger partial charge < -0.3 is 14.6 Å². The molecular formula is C28H50FN3O5. The van der Waals surface area contributed by atoms with Crippen LogP contribution in [0.3, 0.4) is 0 Å². The number of nitrogens with one attached hydrogen (secondary N) is 1. The molecule has 2 N–H and O–H groups in total. The first-order valence-electron chi connectivity index (χ1n) is 14.4. The van der Waals surface area contributed by atoms with Gasteiger partial charge in [0.15, 0.2) is 17.9 Å². The monoisotopic (exact) mass is 527 g/mol. The Morgan fingerprint density at radius 3 is 1.97 bits per heavy atom. The summed E-state index contributed by atoms with van der Waals surface area (Å²) < 4.78 is 26.1. The van der Waals surface area contributed by atoms with Crippen LogP contribution in [0.1, 0.15) is 130 Å². The van der Waals surface area contributed by atoms with Crippen molar-refractivity contribution in [1.82, 2.24) is 9.55 Å². The third-order valence-corrected chi connectivity index (χ3v) is 6.29. The number of nitrogens with zero attached hydrogens (tertiary/aromatic N) is 2. The van der Waals surface area contributed by atoms with Crippen LogP contribution in [-0.4, -0.2) is 39.6 Å². The van der Waals surface area contributed by atoms with E-state index in [1.165, 1.54) is 70.6 Å². The Bertz CT molecular complexity index is 803. The molecule has 1 aromatic rings. The molecule has 0 saturated carbocycles. The second-order valence-electron chi connectivity index (χ2n) is 10.0. The van der Waals surface area contributed by atoms with Gasteiger partial charge in [-0.2, -0.15) is 4.98 Å². The number of amides is 1. The van der Waals surface area contributed by atoms with E-state index in [0.717, 1.165) is 30.0 Å². The van der Waals surface area contributed by atoms with Crippen molar-refractivity contribution in [3.63, 3.8) is 0 Å². The lowest BCUT2D eigenvalue weighted by Crippen LogP contribution is -2.37. The van der Waals surface area contributed by atoms with Crippen LogP contribution in [0.4, 0.5) is 15.0 Å². The fourth-order valence-electron chi connectivity index (χ4n) is 4.13. The number of anilines is 1. The van der Waals surface area contributed by atoms with Gasteiger partial charge in [-0.3, -0.25) is 9.88 Å². The number of unbranched alkanes of at least 4 members (excludes halogenated alkanes) is 13. The minimum atomic E-state index is -1.08. The predicted octanol–water partition coefficient (Wildman–Crippen LogP) is 7.11. The molecule has 0 radical (unpaired) electrons. The maximum Gasteiger partial charge on any atom is 0.412 e. The van der Waals surface area contributed by atoms with Gasteiger partial charge in [-0.05, 0) is 26.7 Å². The number of carbonyl (C=O) groups is 1. The molecule has 0 aliphatic carbocycles. The van der Waals surface area contributed by atoms with E-state index in [-0.39, 0.29) is 12.7 Å². The molecular weight excluding hydrogens is 477 g/mol. The van der Waals surface area contributed by atoms with E-state index in [1.54, 1.807) is 20.8 Å². The molecule has 0 bridgehead atoms. The van der Waals surface area contributed by atoms with E-state index in [0.29, 0.717) is 6.42 Å². The molecule has 1 amide bonds. The summed E-state index contributed by atoms with van der Waals surface area (Å²) in [5.41, 5.74) is -0.846. The van der Waals surface area contributed by atoms with Gasteiger partial charge in [0, 0.05) is 0 Å². The normalized spacial score (nSPS) is 13.1. The summed E-state index contributed by atoms with van der Waals surface area (Å²) in [5, 5.41) is 12.4. The van der Waals surface area contributed by atoms with Crippen LogP contribution >= 0.6 is 0 Å². The maximum atomic E-state index is 14.5. The van der Waals surface area contributed by atoms with E-state index in [9.17, 15) is 19.1 Å². The Morgan fingerprint density at radius 2 is 1.49 bits per heavy atom. The van der Waals surface area contributed by atoms with E-state index < -0.39 is 35.7 Å². The quantitative estimate of drug-likeness (QED) is 0.165.